The molecule has 1 heteroatoms. The van der Waals surface area contributed by atoms with E-state index in [4.69, 9.17) is 0 Å². The second-order valence-corrected chi connectivity index (χ2v) is 5.65. The predicted molar refractivity (Wildman–Crippen MR) is 63.3 cm³/mol. The van der Waals surface area contributed by atoms with Gasteiger partial charge in [-0.05, 0) is 23.7 Å². The van der Waals surface area contributed by atoms with E-state index in [-0.39, 0.29) is 6.10 Å². The maximum Gasteiger partial charge on any atom is 0.0570 e. The van der Waals surface area contributed by atoms with Gasteiger partial charge in [0.25, 0.3) is 0 Å². The van der Waals surface area contributed by atoms with Gasteiger partial charge in [-0.1, -0.05) is 54.4 Å². The van der Waals surface area contributed by atoms with Crippen LogP contribution in [-0.2, 0) is 0 Å². The van der Waals surface area contributed by atoms with E-state index in [2.05, 4.69) is 41.5 Å². The van der Waals surface area contributed by atoms with Gasteiger partial charge in [0, 0.05) is 0 Å². The van der Waals surface area contributed by atoms with Crippen molar-refractivity contribution in [3.05, 3.63) is 0 Å². The highest BCUT2D eigenvalue weighted by Gasteiger charge is 2.25. The van der Waals surface area contributed by atoms with Gasteiger partial charge in [-0.3, -0.25) is 0 Å². The zero-order valence-corrected chi connectivity index (χ0v) is 10.8. The van der Waals surface area contributed by atoms with Crippen LogP contribution in [0.5, 0.6) is 0 Å². The Morgan fingerprint density at radius 2 is 1.50 bits per heavy atom. The van der Waals surface area contributed by atoms with E-state index in [0.717, 1.165) is 19.3 Å². The molecule has 0 spiro atoms. The highest BCUT2D eigenvalue weighted by atomic mass is 16.3. The number of hydrogen-bond donors (Lipinski definition) is 1. The Labute approximate surface area is 89.9 Å². The standard InChI is InChI=1S/C13H28O/c1-7-11(8-2)12(14)9-10(3)13(4,5)6/h10-12,14H,7-9H2,1-6H3. The van der Waals surface area contributed by atoms with E-state index in [1.807, 2.05) is 0 Å². The van der Waals surface area contributed by atoms with E-state index in [1.54, 1.807) is 0 Å². The highest BCUT2D eigenvalue weighted by Crippen LogP contribution is 2.31. The molecular weight excluding hydrogens is 172 g/mol. The van der Waals surface area contributed by atoms with Crippen molar-refractivity contribution in [3.63, 3.8) is 0 Å². The lowest BCUT2D eigenvalue weighted by molar-refractivity contribution is 0.0582. The Bertz CT molecular complexity index is 142. The van der Waals surface area contributed by atoms with Gasteiger partial charge in [0.1, 0.15) is 0 Å². The monoisotopic (exact) mass is 200 g/mol. The molecule has 1 nitrogen and oxygen atoms in total. The maximum atomic E-state index is 10.0. The lowest BCUT2D eigenvalue weighted by atomic mass is 9.77. The van der Waals surface area contributed by atoms with Crippen molar-refractivity contribution in [3.8, 4) is 0 Å². The molecule has 0 saturated carbocycles. The fourth-order valence-electron chi connectivity index (χ4n) is 1.74. The second kappa shape index (κ2) is 5.75. The summed E-state index contributed by atoms with van der Waals surface area (Å²) in [6, 6.07) is 0. The van der Waals surface area contributed by atoms with Crippen molar-refractivity contribution in [2.75, 3.05) is 0 Å². The maximum absolute atomic E-state index is 10.0. The lowest BCUT2D eigenvalue weighted by Gasteiger charge is -2.31. The van der Waals surface area contributed by atoms with Crippen LogP contribution in [-0.4, -0.2) is 11.2 Å². The van der Waals surface area contributed by atoms with Gasteiger partial charge in [-0.15, -0.1) is 0 Å². The van der Waals surface area contributed by atoms with Crippen molar-refractivity contribution < 1.29 is 5.11 Å². The lowest BCUT2D eigenvalue weighted by Crippen LogP contribution is -2.27. The zero-order chi connectivity index (χ0) is 11.4. The zero-order valence-electron chi connectivity index (χ0n) is 10.8. The quantitative estimate of drug-likeness (QED) is 0.714. The average molecular weight is 200 g/mol. The van der Waals surface area contributed by atoms with Crippen molar-refractivity contribution in [2.24, 2.45) is 17.3 Å². The molecule has 0 rings (SSSR count). The Balaban J connectivity index is 4.10. The summed E-state index contributed by atoms with van der Waals surface area (Å²) in [6.45, 7) is 13.3. The SMILES string of the molecule is CCC(CC)C(O)CC(C)C(C)(C)C. The Morgan fingerprint density at radius 3 is 1.79 bits per heavy atom. The predicted octanol–water partition coefficient (Wildman–Crippen LogP) is 3.86. The van der Waals surface area contributed by atoms with Crippen LogP contribution in [0.2, 0.25) is 0 Å². The van der Waals surface area contributed by atoms with Gasteiger partial charge in [0.15, 0.2) is 0 Å². The van der Waals surface area contributed by atoms with Crippen LogP contribution in [0.25, 0.3) is 0 Å². The van der Waals surface area contributed by atoms with E-state index >= 15 is 0 Å². The molecule has 0 aliphatic rings. The molecule has 0 aromatic rings. The summed E-state index contributed by atoms with van der Waals surface area (Å²) < 4.78 is 0. The first-order valence-electron chi connectivity index (χ1n) is 6.00. The first-order valence-corrected chi connectivity index (χ1v) is 6.00. The summed E-state index contributed by atoms with van der Waals surface area (Å²) in [5, 5.41) is 10.0. The minimum absolute atomic E-state index is 0.112. The summed E-state index contributed by atoms with van der Waals surface area (Å²) >= 11 is 0. The molecular formula is C13H28O. The van der Waals surface area contributed by atoms with Crippen molar-refractivity contribution in [2.45, 2.75) is 66.9 Å². The van der Waals surface area contributed by atoms with Gasteiger partial charge in [0.2, 0.25) is 0 Å². The van der Waals surface area contributed by atoms with Crippen molar-refractivity contribution >= 4 is 0 Å². The fraction of sp³-hybridized carbons (Fsp3) is 1.00. The molecule has 0 amide bonds. The summed E-state index contributed by atoms with van der Waals surface area (Å²) in [7, 11) is 0. The normalized spacial score (nSPS) is 17.1. The van der Waals surface area contributed by atoms with Crippen LogP contribution < -0.4 is 0 Å². The summed E-state index contributed by atoms with van der Waals surface area (Å²) in [4.78, 5) is 0. The summed E-state index contributed by atoms with van der Waals surface area (Å²) in [5.74, 6) is 1.07. The minimum Gasteiger partial charge on any atom is -0.393 e. The van der Waals surface area contributed by atoms with Crippen LogP contribution >= 0.6 is 0 Å². The third-order valence-electron chi connectivity index (χ3n) is 3.67. The van der Waals surface area contributed by atoms with E-state index < -0.39 is 0 Å². The minimum atomic E-state index is -0.112. The van der Waals surface area contributed by atoms with E-state index in [9.17, 15) is 5.11 Å². The topological polar surface area (TPSA) is 20.2 Å². The van der Waals surface area contributed by atoms with Gasteiger partial charge in [0.05, 0.1) is 6.10 Å². The number of aliphatic hydroxyl groups excluding tert-OH is 1. The van der Waals surface area contributed by atoms with Crippen LogP contribution in [0, 0.1) is 17.3 Å². The number of hydrogen-bond acceptors (Lipinski definition) is 1. The molecule has 0 radical (unpaired) electrons. The molecule has 0 aromatic carbocycles. The Kier molecular flexibility index (Phi) is 5.73. The van der Waals surface area contributed by atoms with E-state index in [1.165, 1.54) is 0 Å². The average Bonchev–Trinajstić information content (AvgIpc) is 2.04. The molecule has 1 N–H and O–H groups in total. The van der Waals surface area contributed by atoms with Crippen molar-refractivity contribution in [1.82, 2.24) is 0 Å². The van der Waals surface area contributed by atoms with Gasteiger partial charge in [-0.25, -0.2) is 0 Å². The molecule has 0 aliphatic heterocycles. The Morgan fingerprint density at radius 1 is 1.07 bits per heavy atom. The Hall–Kier alpha value is -0.0400. The third kappa shape index (κ3) is 4.45. The van der Waals surface area contributed by atoms with E-state index in [0.29, 0.717) is 17.3 Å². The van der Waals surface area contributed by atoms with Crippen LogP contribution in [0.4, 0.5) is 0 Å². The molecule has 0 bridgehead atoms. The molecule has 0 heterocycles. The molecule has 2 atom stereocenters. The smallest absolute Gasteiger partial charge is 0.0570 e. The molecule has 0 aliphatic carbocycles. The first-order chi connectivity index (χ1) is 6.32. The van der Waals surface area contributed by atoms with Crippen molar-refractivity contribution in [1.29, 1.82) is 0 Å². The second-order valence-electron chi connectivity index (χ2n) is 5.65. The molecule has 2 unspecified atom stereocenters. The molecule has 0 aromatic heterocycles. The molecule has 0 fully saturated rings. The number of aliphatic hydroxyl groups is 1. The first kappa shape index (κ1) is 14.0. The molecule has 14 heavy (non-hydrogen) atoms. The van der Waals surface area contributed by atoms with Crippen LogP contribution in [0.3, 0.4) is 0 Å². The van der Waals surface area contributed by atoms with Crippen LogP contribution in [0.1, 0.15) is 60.8 Å². The highest BCUT2D eigenvalue weighted by molar-refractivity contribution is 4.76. The van der Waals surface area contributed by atoms with Gasteiger partial charge >= 0.3 is 0 Å². The largest absolute Gasteiger partial charge is 0.393 e. The van der Waals surface area contributed by atoms with Gasteiger partial charge in [-0.2, -0.15) is 0 Å². The summed E-state index contributed by atoms with van der Waals surface area (Å²) in [5.41, 5.74) is 0.313. The van der Waals surface area contributed by atoms with Gasteiger partial charge < -0.3 is 5.11 Å². The molecule has 86 valence electrons. The fourth-order valence-corrected chi connectivity index (χ4v) is 1.74. The van der Waals surface area contributed by atoms with Crippen LogP contribution in [0.15, 0.2) is 0 Å². The number of rotatable bonds is 5. The molecule has 0 saturated heterocycles. The third-order valence-corrected chi connectivity index (χ3v) is 3.67. The summed E-state index contributed by atoms with van der Waals surface area (Å²) in [6.07, 6.45) is 3.01.